The highest BCUT2D eigenvalue weighted by Crippen LogP contribution is 2.44. The molecule has 0 spiro atoms. The van der Waals surface area contributed by atoms with Crippen LogP contribution in [0.5, 0.6) is 0 Å². The van der Waals surface area contributed by atoms with E-state index in [9.17, 15) is 8.42 Å². The van der Waals surface area contributed by atoms with Gasteiger partial charge in [-0.25, -0.2) is 8.42 Å². The molecular weight excluding hydrogens is 388 g/mol. The van der Waals surface area contributed by atoms with Gasteiger partial charge in [0, 0.05) is 20.2 Å². The van der Waals surface area contributed by atoms with Gasteiger partial charge in [0.2, 0.25) is 0 Å². The standard InChI is InChI=1S/C22H24N2O2S2/c1-21(2)20(23)24-22(3,12-28(21,25)26)15-7-9-19-17(11-15)16-10-14(13-4-5-13)6-8-18(16)27-19/h6-11,13H,4-5,12H2,1-3H3,(H2,23,24)/t22-/m0/s1. The van der Waals surface area contributed by atoms with Crippen LogP contribution in [0.1, 0.15) is 50.7 Å². The minimum absolute atomic E-state index is 0.0176. The highest BCUT2D eigenvalue weighted by atomic mass is 32.2. The van der Waals surface area contributed by atoms with Crippen LogP contribution in [0.15, 0.2) is 36.4 Å². The van der Waals surface area contributed by atoms with Crippen molar-refractivity contribution in [1.29, 1.82) is 5.41 Å². The van der Waals surface area contributed by atoms with Crippen LogP contribution in [0, 0.1) is 5.41 Å². The topological polar surface area (TPSA) is 70.0 Å². The summed E-state index contributed by atoms with van der Waals surface area (Å²) < 4.78 is 27.1. The van der Waals surface area contributed by atoms with E-state index in [1.807, 2.05) is 13.0 Å². The summed E-state index contributed by atoms with van der Waals surface area (Å²) in [5.74, 6) is 0.747. The molecule has 0 bridgehead atoms. The zero-order chi connectivity index (χ0) is 19.9. The predicted molar refractivity (Wildman–Crippen MR) is 117 cm³/mol. The number of amidine groups is 1. The molecule has 3 aromatic rings. The van der Waals surface area contributed by atoms with E-state index < -0.39 is 20.1 Å². The number of benzene rings is 2. The second-order valence-electron chi connectivity index (χ2n) is 8.94. The second kappa shape index (κ2) is 5.57. The van der Waals surface area contributed by atoms with Crippen LogP contribution in [-0.4, -0.2) is 24.8 Å². The van der Waals surface area contributed by atoms with Gasteiger partial charge in [-0.15, -0.1) is 11.3 Å². The lowest BCUT2D eigenvalue weighted by Crippen LogP contribution is -2.63. The largest absolute Gasteiger partial charge is 0.362 e. The molecule has 146 valence electrons. The van der Waals surface area contributed by atoms with Gasteiger partial charge in [-0.05, 0) is 74.9 Å². The van der Waals surface area contributed by atoms with Crippen molar-refractivity contribution in [1.82, 2.24) is 5.32 Å². The van der Waals surface area contributed by atoms with Crippen LogP contribution in [0.25, 0.3) is 20.2 Å². The summed E-state index contributed by atoms with van der Waals surface area (Å²) in [5.41, 5.74) is 1.52. The van der Waals surface area contributed by atoms with E-state index in [1.54, 1.807) is 25.2 Å². The maximum absolute atomic E-state index is 12.9. The Hall–Kier alpha value is -1.92. The number of nitrogens with one attached hydrogen (secondary N) is 2. The molecule has 1 aromatic heterocycles. The molecule has 1 aliphatic heterocycles. The fraction of sp³-hybridized carbons (Fsp3) is 0.409. The fourth-order valence-electron chi connectivity index (χ4n) is 4.14. The lowest BCUT2D eigenvalue weighted by Gasteiger charge is -2.43. The Morgan fingerprint density at radius 2 is 1.68 bits per heavy atom. The molecule has 2 heterocycles. The van der Waals surface area contributed by atoms with Crippen LogP contribution in [0.3, 0.4) is 0 Å². The average molecular weight is 413 g/mol. The van der Waals surface area contributed by atoms with Crippen molar-refractivity contribution in [2.24, 2.45) is 0 Å². The molecule has 2 aromatic carbocycles. The maximum atomic E-state index is 12.9. The first-order valence-corrected chi connectivity index (χ1v) is 12.1. The Balaban J connectivity index is 1.65. The normalized spacial score (nSPS) is 26.5. The van der Waals surface area contributed by atoms with Gasteiger partial charge in [0.15, 0.2) is 9.84 Å². The lowest BCUT2D eigenvalue weighted by atomic mass is 9.91. The van der Waals surface area contributed by atoms with Crippen molar-refractivity contribution in [2.45, 2.75) is 49.8 Å². The van der Waals surface area contributed by atoms with Gasteiger partial charge in [-0.3, -0.25) is 5.41 Å². The first-order chi connectivity index (χ1) is 13.1. The summed E-state index contributed by atoms with van der Waals surface area (Å²) in [6.07, 6.45) is 2.55. The summed E-state index contributed by atoms with van der Waals surface area (Å²) in [4.78, 5) is 0. The average Bonchev–Trinajstić information content (AvgIpc) is 3.40. The molecule has 6 heteroatoms. The summed E-state index contributed by atoms with van der Waals surface area (Å²) in [6.45, 7) is 5.10. The van der Waals surface area contributed by atoms with Gasteiger partial charge in [0.25, 0.3) is 0 Å². The summed E-state index contributed by atoms with van der Waals surface area (Å²) in [5, 5.41) is 13.9. The number of sulfone groups is 1. The number of thiophene rings is 1. The second-order valence-corrected chi connectivity index (χ2v) is 12.6. The van der Waals surface area contributed by atoms with Crippen LogP contribution in [0.2, 0.25) is 0 Å². The smallest absolute Gasteiger partial charge is 0.165 e. The Labute approximate surface area is 169 Å². The summed E-state index contributed by atoms with van der Waals surface area (Å²) in [7, 11) is -3.44. The first-order valence-electron chi connectivity index (χ1n) is 9.67. The van der Waals surface area contributed by atoms with Gasteiger partial charge in [-0.1, -0.05) is 12.1 Å². The molecule has 1 aliphatic carbocycles. The first kappa shape index (κ1) is 18.1. The van der Waals surface area contributed by atoms with Gasteiger partial charge in [0.1, 0.15) is 10.6 Å². The molecule has 1 saturated carbocycles. The molecule has 0 radical (unpaired) electrons. The molecule has 5 rings (SSSR count). The Morgan fingerprint density at radius 3 is 2.32 bits per heavy atom. The van der Waals surface area contributed by atoms with Crippen LogP contribution in [-0.2, 0) is 15.4 Å². The minimum atomic E-state index is -3.44. The lowest BCUT2D eigenvalue weighted by molar-refractivity contribution is 0.443. The highest BCUT2D eigenvalue weighted by Gasteiger charge is 2.50. The van der Waals surface area contributed by atoms with Crippen molar-refractivity contribution >= 4 is 47.2 Å². The Kier molecular flexibility index (Phi) is 3.61. The number of hydrogen-bond donors (Lipinski definition) is 2. The molecule has 0 unspecified atom stereocenters. The molecule has 2 fully saturated rings. The maximum Gasteiger partial charge on any atom is 0.165 e. The van der Waals surface area contributed by atoms with Crippen molar-refractivity contribution in [3.05, 3.63) is 47.5 Å². The van der Waals surface area contributed by atoms with Gasteiger partial charge in [-0.2, -0.15) is 0 Å². The third kappa shape index (κ3) is 2.54. The molecular formula is C22H24N2O2S2. The van der Waals surface area contributed by atoms with Crippen LogP contribution in [0.4, 0.5) is 0 Å². The monoisotopic (exact) mass is 412 g/mol. The van der Waals surface area contributed by atoms with E-state index >= 15 is 0 Å². The number of fused-ring (bicyclic) bond motifs is 3. The van der Waals surface area contributed by atoms with Crippen molar-refractivity contribution in [2.75, 3.05) is 5.75 Å². The van der Waals surface area contributed by atoms with E-state index in [0.717, 1.165) is 5.56 Å². The van der Waals surface area contributed by atoms with Gasteiger partial charge in [0.05, 0.1) is 11.3 Å². The van der Waals surface area contributed by atoms with Gasteiger partial charge >= 0.3 is 0 Å². The Bertz CT molecular complexity index is 1250. The predicted octanol–water partition coefficient (Wildman–Crippen LogP) is 4.92. The van der Waals surface area contributed by atoms with Crippen LogP contribution < -0.4 is 5.32 Å². The minimum Gasteiger partial charge on any atom is -0.362 e. The van der Waals surface area contributed by atoms with Gasteiger partial charge < -0.3 is 5.32 Å². The number of hydrogen-bond acceptors (Lipinski definition) is 4. The van der Waals surface area contributed by atoms with E-state index in [1.165, 1.54) is 38.6 Å². The van der Waals surface area contributed by atoms with Crippen molar-refractivity contribution < 1.29 is 8.42 Å². The molecule has 0 amide bonds. The van der Waals surface area contributed by atoms with E-state index in [2.05, 4.69) is 35.6 Å². The number of rotatable bonds is 2. The van der Waals surface area contributed by atoms with Crippen molar-refractivity contribution in [3.8, 4) is 0 Å². The quantitative estimate of drug-likeness (QED) is 0.627. The molecule has 4 nitrogen and oxygen atoms in total. The van der Waals surface area contributed by atoms with E-state index in [-0.39, 0.29) is 11.6 Å². The molecule has 28 heavy (non-hydrogen) atoms. The van der Waals surface area contributed by atoms with E-state index in [0.29, 0.717) is 5.92 Å². The Morgan fingerprint density at radius 1 is 1.04 bits per heavy atom. The van der Waals surface area contributed by atoms with Crippen molar-refractivity contribution in [3.63, 3.8) is 0 Å². The zero-order valence-corrected chi connectivity index (χ0v) is 17.9. The fourth-order valence-corrected chi connectivity index (χ4v) is 6.93. The SMILES string of the molecule is CC1(C)C(=N)N[C@](C)(c2ccc3sc4ccc(C5CC5)cc4c3c2)CS1(=O)=O. The summed E-state index contributed by atoms with van der Waals surface area (Å²) >= 11 is 1.78. The third-order valence-corrected chi connectivity index (χ3v) is 10.3. The molecule has 2 aliphatic rings. The van der Waals surface area contributed by atoms with Crippen LogP contribution >= 0.6 is 11.3 Å². The third-order valence-electron chi connectivity index (χ3n) is 6.44. The van der Waals surface area contributed by atoms with E-state index in [4.69, 9.17) is 5.41 Å². The molecule has 1 atom stereocenters. The highest BCUT2D eigenvalue weighted by molar-refractivity contribution is 7.93. The molecule has 1 saturated heterocycles. The summed E-state index contributed by atoms with van der Waals surface area (Å²) in [6, 6.07) is 13.0. The molecule has 2 N–H and O–H groups in total. The zero-order valence-electron chi connectivity index (χ0n) is 16.3.